The van der Waals surface area contributed by atoms with Gasteiger partial charge in [-0.05, 0) is 32.4 Å². The van der Waals surface area contributed by atoms with Crippen LogP contribution in [0.4, 0.5) is 10.5 Å². The van der Waals surface area contributed by atoms with Crippen molar-refractivity contribution in [2.24, 2.45) is 0 Å². The third kappa shape index (κ3) is 3.97. The standard InChI is InChI=1S/C16H23N3O2/c1-11-9-19(13-8-6-5-7-12(11)13)10-14(20)17-15(21)18-16(2,3)4/h5-8,11H,9-10H2,1-4H3,(H2,17,18,20,21)/t11-/m1/s1. The summed E-state index contributed by atoms with van der Waals surface area (Å²) >= 11 is 0. The Hall–Kier alpha value is -2.04. The van der Waals surface area contributed by atoms with Crippen molar-refractivity contribution in [1.82, 2.24) is 10.6 Å². The number of anilines is 1. The quantitative estimate of drug-likeness (QED) is 0.877. The fraction of sp³-hybridized carbons (Fsp3) is 0.500. The minimum atomic E-state index is -0.451. The largest absolute Gasteiger partial charge is 0.361 e. The molecule has 0 aromatic heterocycles. The van der Waals surface area contributed by atoms with Crippen LogP contribution in [0.15, 0.2) is 24.3 Å². The maximum Gasteiger partial charge on any atom is 0.321 e. The fourth-order valence-electron chi connectivity index (χ4n) is 2.58. The number of carbonyl (C=O) groups excluding carboxylic acids is 2. The van der Waals surface area contributed by atoms with Crippen LogP contribution in [0.25, 0.3) is 0 Å². The van der Waals surface area contributed by atoms with Gasteiger partial charge in [0.15, 0.2) is 0 Å². The van der Waals surface area contributed by atoms with Gasteiger partial charge in [-0.2, -0.15) is 0 Å². The van der Waals surface area contributed by atoms with Gasteiger partial charge in [0.2, 0.25) is 5.91 Å². The Kier molecular flexibility index (Phi) is 4.21. The van der Waals surface area contributed by atoms with E-state index in [1.165, 1.54) is 5.56 Å². The Bertz CT molecular complexity index is 549. The summed E-state index contributed by atoms with van der Waals surface area (Å²) in [6.07, 6.45) is 0. The van der Waals surface area contributed by atoms with Crippen molar-refractivity contribution in [3.8, 4) is 0 Å². The summed E-state index contributed by atoms with van der Waals surface area (Å²) in [7, 11) is 0. The number of hydrogen-bond acceptors (Lipinski definition) is 3. The zero-order valence-electron chi connectivity index (χ0n) is 13.1. The van der Waals surface area contributed by atoms with Crippen molar-refractivity contribution >= 4 is 17.6 Å². The third-order valence-corrected chi connectivity index (χ3v) is 3.38. The number of amides is 3. The summed E-state index contributed by atoms with van der Waals surface area (Å²) in [5.74, 6) is 0.109. The predicted molar refractivity (Wildman–Crippen MR) is 83.5 cm³/mol. The molecule has 1 aliphatic heterocycles. The van der Waals surface area contributed by atoms with Gasteiger partial charge in [-0.15, -0.1) is 0 Å². The van der Waals surface area contributed by atoms with Gasteiger partial charge in [-0.1, -0.05) is 25.1 Å². The molecule has 1 aromatic rings. The number of fused-ring (bicyclic) bond motifs is 1. The number of rotatable bonds is 2. The molecule has 0 fully saturated rings. The van der Waals surface area contributed by atoms with E-state index in [-0.39, 0.29) is 18.0 Å². The lowest BCUT2D eigenvalue weighted by Crippen LogP contribution is -2.50. The molecule has 3 amide bonds. The molecule has 5 nitrogen and oxygen atoms in total. The zero-order chi connectivity index (χ0) is 15.6. The second-order valence-electron chi connectivity index (χ2n) is 6.59. The molecule has 1 aromatic carbocycles. The van der Waals surface area contributed by atoms with Gasteiger partial charge < -0.3 is 10.2 Å². The molecule has 0 saturated heterocycles. The number of hydrogen-bond donors (Lipinski definition) is 2. The maximum absolute atomic E-state index is 12.0. The van der Waals surface area contributed by atoms with Gasteiger partial charge in [0.1, 0.15) is 0 Å². The fourth-order valence-corrected chi connectivity index (χ4v) is 2.58. The van der Waals surface area contributed by atoms with Gasteiger partial charge in [0.25, 0.3) is 0 Å². The summed E-state index contributed by atoms with van der Waals surface area (Å²) < 4.78 is 0. The average Bonchev–Trinajstić information content (AvgIpc) is 2.64. The minimum Gasteiger partial charge on any atom is -0.361 e. The summed E-state index contributed by atoms with van der Waals surface area (Å²) in [5.41, 5.74) is 1.97. The highest BCUT2D eigenvalue weighted by atomic mass is 16.2. The summed E-state index contributed by atoms with van der Waals surface area (Å²) in [5, 5.41) is 5.09. The molecule has 1 atom stereocenters. The number of nitrogens with one attached hydrogen (secondary N) is 2. The van der Waals surface area contributed by atoms with Crippen molar-refractivity contribution in [1.29, 1.82) is 0 Å². The molecule has 1 aliphatic rings. The molecule has 114 valence electrons. The summed E-state index contributed by atoms with van der Waals surface area (Å²) in [6.45, 7) is 8.75. The van der Waals surface area contributed by atoms with E-state index in [0.717, 1.165) is 12.2 Å². The van der Waals surface area contributed by atoms with E-state index in [0.29, 0.717) is 5.92 Å². The van der Waals surface area contributed by atoms with Crippen LogP contribution < -0.4 is 15.5 Å². The molecule has 0 unspecified atom stereocenters. The van der Waals surface area contributed by atoms with Crippen molar-refractivity contribution in [3.63, 3.8) is 0 Å². The molecule has 2 rings (SSSR count). The van der Waals surface area contributed by atoms with E-state index >= 15 is 0 Å². The smallest absolute Gasteiger partial charge is 0.321 e. The van der Waals surface area contributed by atoms with Crippen LogP contribution in [-0.4, -0.2) is 30.6 Å². The zero-order valence-corrected chi connectivity index (χ0v) is 13.1. The first kappa shape index (κ1) is 15.4. The Morgan fingerprint density at radius 1 is 1.29 bits per heavy atom. The normalized spacial score (nSPS) is 17.3. The van der Waals surface area contributed by atoms with E-state index in [4.69, 9.17) is 0 Å². The van der Waals surface area contributed by atoms with Crippen molar-refractivity contribution < 1.29 is 9.59 Å². The molecule has 0 radical (unpaired) electrons. The SMILES string of the molecule is C[C@@H]1CN(CC(=O)NC(=O)NC(C)(C)C)c2ccccc21. The lowest BCUT2D eigenvalue weighted by atomic mass is 10.0. The molecule has 0 saturated carbocycles. The Labute approximate surface area is 125 Å². The van der Waals surface area contributed by atoms with Gasteiger partial charge in [-0.3, -0.25) is 10.1 Å². The lowest BCUT2D eigenvalue weighted by molar-refractivity contribution is -0.118. The summed E-state index contributed by atoms with van der Waals surface area (Å²) in [6, 6.07) is 7.63. The van der Waals surface area contributed by atoms with E-state index in [2.05, 4.69) is 23.6 Å². The molecule has 2 N–H and O–H groups in total. The number of benzene rings is 1. The average molecular weight is 289 g/mol. The molecular formula is C16H23N3O2. The van der Waals surface area contributed by atoms with Gasteiger partial charge in [-0.25, -0.2) is 4.79 Å². The summed E-state index contributed by atoms with van der Waals surface area (Å²) in [4.78, 5) is 25.7. The van der Waals surface area contributed by atoms with Crippen LogP contribution in [0.1, 0.15) is 39.2 Å². The van der Waals surface area contributed by atoms with Gasteiger partial charge in [0.05, 0.1) is 6.54 Å². The molecule has 0 aliphatic carbocycles. The number of urea groups is 1. The van der Waals surface area contributed by atoms with Crippen LogP contribution in [0, 0.1) is 0 Å². The number of para-hydroxylation sites is 1. The first-order valence-electron chi connectivity index (χ1n) is 7.22. The van der Waals surface area contributed by atoms with E-state index < -0.39 is 6.03 Å². The van der Waals surface area contributed by atoms with Crippen molar-refractivity contribution in [3.05, 3.63) is 29.8 Å². The number of carbonyl (C=O) groups is 2. The van der Waals surface area contributed by atoms with Gasteiger partial charge >= 0.3 is 6.03 Å². The predicted octanol–water partition coefficient (Wildman–Crippen LogP) is 2.23. The number of imide groups is 1. The van der Waals surface area contributed by atoms with Crippen LogP contribution in [0.3, 0.4) is 0 Å². The third-order valence-electron chi connectivity index (χ3n) is 3.38. The topological polar surface area (TPSA) is 61.4 Å². The van der Waals surface area contributed by atoms with Gasteiger partial charge in [0, 0.05) is 23.7 Å². The van der Waals surface area contributed by atoms with E-state index in [1.54, 1.807) is 0 Å². The monoisotopic (exact) mass is 289 g/mol. The molecular weight excluding hydrogens is 266 g/mol. The van der Waals surface area contributed by atoms with Crippen LogP contribution in [0.5, 0.6) is 0 Å². The first-order valence-corrected chi connectivity index (χ1v) is 7.22. The minimum absolute atomic E-state index is 0.193. The highest BCUT2D eigenvalue weighted by Gasteiger charge is 2.26. The Morgan fingerprint density at radius 3 is 2.62 bits per heavy atom. The second-order valence-corrected chi connectivity index (χ2v) is 6.59. The highest BCUT2D eigenvalue weighted by Crippen LogP contribution is 2.35. The van der Waals surface area contributed by atoms with Crippen LogP contribution in [-0.2, 0) is 4.79 Å². The lowest BCUT2D eigenvalue weighted by Gasteiger charge is -2.22. The van der Waals surface area contributed by atoms with E-state index in [1.807, 2.05) is 43.9 Å². The molecule has 0 bridgehead atoms. The Morgan fingerprint density at radius 2 is 1.95 bits per heavy atom. The maximum atomic E-state index is 12.0. The van der Waals surface area contributed by atoms with Crippen LogP contribution in [0.2, 0.25) is 0 Å². The molecule has 21 heavy (non-hydrogen) atoms. The second kappa shape index (κ2) is 5.76. The number of nitrogens with zero attached hydrogens (tertiary/aromatic N) is 1. The van der Waals surface area contributed by atoms with E-state index in [9.17, 15) is 9.59 Å². The highest BCUT2D eigenvalue weighted by molar-refractivity contribution is 5.96. The molecule has 5 heteroatoms. The molecule has 0 spiro atoms. The first-order chi connectivity index (χ1) is 9.76. The van der Waals surface area contributed by atoms with Crippen LogP contribution >= 0.6 is 0 Å². The van der Waals surface area contributed by atoms with Crippen molar-refractivity contribution in [2.45, 2.75) is 39.2 Å². The Balaban J connectivity index is 1.94. The molecule has 1 heterocycles. The van der Waals surface area contributed by atoms with Crippen molar-refractivity contribution in [2.75, 3.05) is 18.0 Å².